The Hall–Kier alpha value is -1.10. The molecule has 5 nitrogen and oxygen atoms in total. The average molecular weight is 186 g/mol. The van der Waals surface area contributed by atoms with E-state index in [4.69, 9.17) is 0 Å². The van der Waals surface area contributed by atoms with Crippen LogP contribution in [0.4, 0.5) is 0 Å². The lowest BCUT2D eigenvalue weighted by molar-refractivity contribution is -0.494. The summed E-state index contributed by atoms with van der Waals surface area (Å²) in [7, 11) is 0. The van der Waals surface area contributed by atoms with Crippen molar-refractivity contribution in [3.8, 4) is 0 Å². The zero-order valence-electron chi connectivity index (χ0n) is 7.25. The quantitative estimate of drug-likeness (QED) is 0.486. The number of carbonyl (C=O) groups excluding carboxylic acids is 2. The highest BCUT2D eigenvalue weighted by Gasteiger charge is 2.38. The minimum atomic E-state index is -1.27. The van der Waals surface area contributed by atoms with Gasteiger partial charge < -0.3 is 25.5 Å². The maximum atomic E-state index is 10.7. The van der Waals surface area contributed by atoms with Crippen LogP contribution in [0.3, 0.4) is 0 Å². The van der Waals surface area contributed by atoms with E-state index in [1.807, 2.05) is 0 Å². The summed E-state index contributed by atoms with van der Waals surface area (Å²) in [5.74, 6) is -3.14. The normalized spacial score (nSPS) is 34.1. The highest BCUT2D eigenvalue weighted by atomic mass is 16.4. The third kappa shape index (κ3) is 1.98. The molecule has 2 atom stereocenters. The van der Waals surface area contributed by atoms with Crippen LogP contribution in [-0.2, 0) is 9.59 Å². The number of carbonyl (C=O) groups is 2. The molecule has 0 aromatic carbocycles. The third-order valence-corrected chi connectivity index (χ3v) is 2.61. The molecule has 1 aliphatic rings. The van der Waals surface area contributed by atoms with Gasteiger partial charge in [-0.3, -0.25) is 0 Å². The number of carboxylic acid groups (broad SMARTS) is 2. The maximum absolute atomic E-state index is 10.7. The first-order valence-electron chi connectivity index (χ1n) is 4.23. The largest absolute Gasteiger partial charge is 0.550 e. The van der Waals surface area contributed by atoms with Crippen LogP contribution in [-0.4, -0.2) is 17.5 Å². The molecule has 0 aromatic heterocycles. The molecular formula is C8H12NO4-. The Kier molecular flexibility index (Phi) is 2.56. The fraction of sp³-hybridized carbons (Fsp3) is 0.750. The first-order chi connectivity index (χ1) is 5.96. The summed E-state index contributed by atoms with van der Waals surface area (Å²) in [6, 6.07) is 0. The monoisotopic (exact) mass is 186 g/mol. The second kappa shape index (κ2) is 3.33. The maximum Gasteiger partial charge on any atom is 0.135 e. The summed E-state index contributed by atoms with van der Waals surface area (Å²) in [6.07, 6.45) is 1.44. The molecule has 0 radical (unpaired) electrons. The Labute approximate surface area is 75.5 Å². The Morgan fingerprint density at radius 3 is 2.46 bits per heavy atom. The van der Waals surface area contributed by atoms with E-state index in [1.54, 1.807) is 0 Å². The third-order valence-electron chi connectivity index (χ3n) is 2.61. The number of rotatable bonds is 2. The van der Waals surface area contributed by atoms with Crippen LogP contribution >= 0.6 is 0 Å². The van der Waals surface area contributed by atoms with E-state index in [1.165, 1.54) is 0 Å². The molecule has 0 saturated heterocycles. The van der Waals surface area contributed by atoms with Gasteiger partial charge in [0.15, 0.2) is 0 Å². The Bertz CT molecular complexity index is 240. The fourth-order valence-corrected chi connectivity index (χ4v) is 1.75. The van der Waals surface area contributed by atoms with Crippen molar-refractivity contribution >= 4 is 11.9 Å². The predicted molar refractivity (Wildman–Crippen MR) is 37.6 cm³/mol. The fourth-order valence-electron chi connectivity index (χ4n) is 1.75. The van der Waals surface area contributed by atoms with E-state index in [2.05, 4.69) is 5.73 Å². The number of hydrogen-bond acceptors (Lipinski definition) is 4. The van der Waals surface area contributed by atoms with Gasteiger partial charge in [-0.2, -0.15) is 0 Å². The van der Waals surface area contributed by atoms with Crippen molar-refractivity contribution in [2.24, 2.45) is 5.92 Å². The molecule has 1 aliphatic carbocycles. The smallest absolute Gasteiger partial charge is 0.135 e. The van der Waals surface area contributed by atoms with Crippen LogP contribution in [0.15, 0.2) is 0 Å². The van der Waals surface area contributed by atoms with Crippen molar-refractivity contribution in [3.05, 3.63) is 0 Å². The van der Waals surface area contributed by atoms with Crippen LogP contribution in [0, 0.1) is 5.92 Å². The van der Waals surface area contributed by atoms with Crippen molar-refractivity contribution in [1.29, 1.82) is 0 Å². The van der Waals surface area contributed by atoms with Gasteiger partial charge in [-0.1, -0.05) is 0 Å². The van der Waals surface area contributed by atoms with Crippen LogP contribution in [0.1, 0.15) is 25.7 Å². The van der Waals surface area contributed by atoms with E-state index < -0.39 is 23.4 Å². The van der Waals surface area contributed by atoms with E-state index in [0.29, 0.717) is 19.3 Å². The second-order valence-corrected chi connectivity index (χ2v) is 3.68. The van der Waals surface area contributed by atoms with Gasteiger partial charge in [-0.25, -0.2) is 0 Å². The predicted octanol–water partition coefficient (Wildman–Crippen LogP) is -3.34. The molecule has 1 fully saturated rings. The molecule has 0 unspecified atom stereocenters. The van der Waals surface area contributed by atoms with Crippen LogP contribution in [0.2, 0.25) is 0 Å². The molecule has 1 rings (SSSR count). The van der Waals surface area contributed by atoms with Gasteiger partial charge in [-0.15, -0.1) is 0 Å². The minimum absolute atomic E-state index is 0.0255. The molecule has 5 heteroatoms. The van der Waals surface area contributed by atoms with Gasteiger partial charge >= 0.3 is 0 Å². The number of carboxylic acids is 2. The van der Waals surface area contributed by atoms with Crippen molar-refractivity contribution in [2.75, 3.05) is 0 Å². The van der Waals surface area contributed by atoms with Gasteiger partial charge in [0.05, 0.1) is 0 Å². The molecule has 0 bridgehead atoms. The second-order valence-electron chi connectivity index (χ2n) is 3.68. The Morgan fingerprint density at radius 1 is 1.38 bits per heavy atom. The zero-order chi connectivity index (χ0) is 10.1. The summed E-state index contributed by atoms with van der Waals surface area (Å²) in [5, 5.41) is 21.2. The summed E-state index contributed by atoms with van der Waals surface area (Å²) in [5.41, 5.74) is 2.27. The summed E-state index contributed by atoms with van der Waals surface area (Å²) < 4.78 is 0. The van der Waals surface area contributed by atoms with Crippen LogP contribution < -0.4 is 15.9 Å². The summed E-state index contributed by atoms with van der Waals surface area (Å²) in [4.78, 5) is 21.2. The number of hydrogen-bond donors (Lipinski definition) is 1. The zero-order valence-corrected chi connectivity index (χ0v) is 7.25. The molecular weight excluding hydrogens is 174 g/mol. The SMILES string of the molecule is [NH3+][C@@]1(C(=O)[O-])CCC[C@H](C(=O)[O-])C1. The highest BCUT2D eigenvalue weighted by Crippen LogP contribution is 2.28. The van der Waals surface area contributed by atoms with E-state index in [-0.39, 0.29) is 6.42 Å². The van der Waals surface area contributed by atoms with E-state index in [0.717, 1.165) is 0 Å². The first kappa shape index (κ1) is 9.98. The molecule has 74 valence electrons. The lowest BCUT2D eigenvalue weighted by Gasteiger charge is -2.35. The molecule has 3 N–H and O–H groups in total. The lowest BCUT2D eigenvalue weighted by atomic mass is 9.76. The molecule has 1 saturated carbocycles. The molecule has 0 aromatic rings. The van der Waals surface area contributed by atoms with Crippen molar-refractivity contribution in [1.82, 2.24) is 0 Å². The van der Waals surface area contributed by atoms with Gasteiger partial charge in [0.2, 0.25) is 0 Å². The molecule has 0 aliphatic heterocycles. The van der Waals surface area contributed by atoms with Gasteiger partial charge in [0.1, 0.15) is 11.5 Å². The minimum Gasteiger partial charge on any atom is -0.550 e. The molecule has 0 amide bonds. The summed E-state index contributed by atoms with van der Waals surface area (Å²) >= 11 is 0. The van der Waals surface area contributed by atoms with Gasteiger partial charge in [0.25, 0.3) is 0 Å². The van der Waals surface area contributed by atoms with E-state index in [9.17, 15) is 19.8 Å². The van der Waals surface area contributed by atoms with Crippen molar-refractivity contribution in [2.45, 2.75) is 31.2 Å². The molecule has 13 heavy (non-hydrogen) atoms. The summed E-state index contributed by atoms with van der Waals surface area (Å²) in [6.45, 7) is 0. The van der Waals surface area contributed by atoms with Crippen molar-refractivity contribution < 1.29 is 25.5 Å². The topological polar surface area (TPSA) is 108 Å². The Balaban J connectivity index is 2.71. The van der Waals surface area contributed by atoms with Crippen LogP contribution in [0.5, 0.6) is 0 Å². The van der Waals surface area contributed by atoms with Crippen molar-refractivity contribution in [3.63, 3.8) is 0 Å². The van der Waals surface area contributed by atoms with E-state index >= 15 is 0 Å². The number of quaternary nitrogens is 1. The molecule has 0 heterocycles. The van der Waals surface area contributed by atoms with Gasteiger partial charge in [-0.05, 0) is 12.8 Å². The molecule has 0 spiro atoms. The average Bonchev–Trinajstić information content (AvgIpc) is 2.04. The van der Waals surface area contributed by atoms with Gasteiger partial charge in [0, 0.05) is 24.7 Å². The highest BCUT2D eigenvalue weighted by molar-refractivity contribution is 5.76. The standard InChI is InChI=1S/C8H13NO4/c9-8(7(12)13)3-1-2-5(4-8)6(10)11/h5H,1-4,9H2,(H,10,11)(H,12,13)/p-1/t5-,8-/m0/s1. The Morgan fingerprint density at radius 2 is 2.00 bits per heavy atom. The van der Waals surface area contributed by atoms with Crippen LogP contribution in [0.25, 0.3) is 0 Å². The number of aliphatic carboxylic acids is 2. The lowest BCUT2D eigenvalue weighted by Crippen LogP contribution is -2.80. The first-order valence-corrected chi connectivity index (χ1v) is 4.23.